The first-order valence-electron chi connectivity index (χ1n) is 8.36. The van der Waals surface area contributed by atoms with E-state index in [2.05, 4.69) is 0 Å². The van der Waals surface area contributed by atoms with Crippen LogP contribution in [0.2, 0.25) is 0 Å². The summed E-state index contributed by atoms with van der Waals surface area (Å²) in [5, 5.41) is 18.7. The van der Waals surface area contributed by atoms with Crippen LogP contribution in [-0.2, 0) is 11.2 Å². The van der Waals surface area contributed by atoms with Gasteiger partial charge in [-0.25, -0.2) is 0 Å². The summed E-state index contributed by atoms with van der Waals surface area (Å²) in [6, 6.07) is 16.4. The lowest BCUT2D eigenvalue weighted by atomic mass is 9.96. The van der Waals surface area contributed by atoms with Gasteiger partial charge in [-0.15, -0.1) is 12.4 Å². The maximum Gasteiger partial charge on any atom is 0.158 e. The van der Waals surface area contributed by atoms with Crippen LogP contribution in [0.15, 0.2) is 54.6 Å². The van der Waals surface area contributed by atoms with Crippen molar-refractivity contribution in [2.75, 3.05) is 33.4 Å². The Balaban J connectivity index is 0.00000338. The standard InChI is InChI=1S/C20H25NO4.ClH/c1-25-18-9-7-17(8-10-18)20(21(11-13-22)12-14-23)19(24)15-16-5-3-2-4-6-16;/h2-10,20,22-23H,11-15H2,1H3;1H. The largest absolute Gasteiger partial charge is 0.497 e. The molecular weight excluding hydrogens is 354 g/mol. The van der Waals surface area contributed by atoms with Gasteiger partial charge in [-0.05, 0) is 23.3 Å². The Labute approximate surface area is 160 Å². The molecule has 0 aliphatic rings. The summed E-state index contributed by atoms with van der Waals surface area (Å²) in [5.74, 6) is 0.743. The van der Waals surface area contributed by atoms with Crippen molar-refractivity contribution in [1.82, 2.24) is 4.90 Å². The molecular formula is C20H26ClNO4. The van der Waals surface area contributed by atoms with Crippen molar-refractivity contribution in [3.8, 4) is 5.75 Å². The molecule has 5 nitrogen and oxygen atoms in total. The van der Waals surface area contributed by atoms with Gasteiger partial charge in [0.05, 0.1) is 26.4 Å². The number of ether oxygens (including phenoxy) is 1. The molecule has 1 unspecified atom stereocenters. The number of rotatable bonds is 10. The average molecular weight is 380 g/mol. The first-order chi connectivity index (χ1) is 12.2. The molecule has 1 atom stereocenters. The topological polar surface area (TPSA) is 70.0 Å². The number of carbonyl (C=O) groups is 1. The normalized spacial score (nSPS) is 11.7. The summed E-state index contributed by atoms with van der Waals surface area (Å²) in [7, 11) is 1.59. The third-order valence-corrected chi connectivity index (χ3v) is 4.10. The van der Waals surface area contributed by atoms with Gasteiger partial charge in [-0.1, -0.05) is 42.5 Å². The van der Waals surface area contributed by atoms with Gasteiger partial charge in [0, 0.05) is 19.5 Å². The molecule has 6 heteroatoms. The molecule has 0 bridgehead atoms. The SMILES string of the molecule is COc1ccc(C(C(=O)Cc2ccccc2)N(CCO)CCO)cc1.Cl. The zero-order valence-electron chi connectivity index (χ0n) is 14.9. The fraction of sp³-hybridized carbons (Fsp3) is 0.350. The van der Waals surface area contributed by atoms with Gasteiger partial charge in [0.25, 0.3) is 0 Å². The Morgan fingerprint density at radius 2 is 1.58 bits per heavy atom. The van der Waals surface area contributed by atoms with E-state index in [9.17, 15) is 15.0 Å². The highest BCUT2D eigenvalue weighted by atomic mass is 35.5. The number of aliphatic hydroxyl groups excluding tert-OH is 2. The van der Waals surface area contributed by atoms with Crippen LogP contribution in [0, 0.1) is 0 Å². The Morgan fingerprint density at radius 3 is 2.08 bits per heavy atom. The van der Waals surface area contributed by atoms with Gasteiger partial charge in [0.15, 0.2) is 5.78 Å². The molecule has 2 aromatic rings. The molecule has 0 aromatic heterocycles. The lowest BCUT2D eigenvalue weighted by Gasteiger charge is -2.30. The van der Waals surface area contributed by atoms with E-state index >= 15 is 0 Å². The fourth-order valence-electron chi connectivity index (χ4n) is 2.91. The van der Waals surface area contributed by atoms with Gasteiger partial charge in [0.2, 0.25) is 0 Å². The van der Waals surface area contributed by atoms with E-state index in [0.29, 0.717) is 25.3 Å². The Hall–Kier alpha value is -1.92. The Morgan fingerprint density at radius 1 is 1.00 bits per heavy atom. The highest BCUT2D eigenvalue weighted by Gasteiger charge is 2.27. The molecule has 26 heavy (non-hydrogen) atoms. The predicted molar refractivity (Wildman–Crippen MR) is 104 cm³/mol. The van der Waals surface area contributed by atoms with E-state index in [1.54, 1.807) is 7.11 Å². The second kappa shape index (κ2) is 11.6. The number of halogens is 1. The minimum Gasteiger partial charge on any atom is -0.497 e. The summed E-state index contributed by atoms with van der Waals surface area (Å²) in [6.45, 7) is 0.478. The molecule has 0 radical (unpaired) electrons. The minimum atomic E-state index is -0.523. The molecule has 0 amide bonds. The lowest BCUT2D eigenvalue weighted by molar-refractivity contribution is -0.124. The summed E-state index contributed by atoms with van der Waals surface area (Å²) >= 11 is 0. The van der Waals surface area contributed by atoms with Crippen molar-refractivity contribution in [3.63, 3.8) is 0 Å². The number of hydrogen-bond acceptors (Lipinski definition) is 5. The predicted octanol–water partition coefficient (Wildman–Crippen LogP) is 2.26. The molecule has 2 N–H and O–H groups in total. The second-order valence-electron chi connectivity index (χ2n) is 5.79. The van der Waals surface area contributed by atoms with Crippen LogP contribution < -0.4 is 4.74 Å². The van der Waals surface area contributed by atoms with Crippen molar-refractivity contribution in [2.45, 2.75) is 12.5 Å². The molecule has 0 saturated carbocycles. The average Bonchev–Trinajstić information content (AvgIpc) is 2.64. The zero-order valence-corrected chi connectivity index (χ0v) is 15.7. The van der Waals surface area contributed by atoms with E-state index in [1.807, 2.05) is 59.5 Å². The maximum atomic E-state index is 13.0. The number of Topliss-reactive ketones (excluding diaryl/α,β-unsaturated/α-hetero) is 1. The van der Waals surface area contributed by atoms with Gasteiger partial charge in [-0.3, -0.25) is 9.69 Å². The van der Waals surface area contributed by atoms with Crippen LogP contribution in [0.4, 0.5) is 0 Å². The van der Waals surface area contributed by atoms with Crippen molar-refractivity contribution in [3.05, 3.63) is 65.7 Å². The van der Waals surface area contributed by atoms with Crippen molar-refractivity contribution < 1.29 is 19.7 Å². The molecule has 0 heterocycles. The lowest BCUT2D eigenvalue weighted by Crippen LogP contribution is -2.38. The number of hydrogen-bond donors (Lipinski definition) is 2. The van der Waals surface area contributed by atoms with Gasteiger partial charge in [0.1, 0.15) is 5.75 Å². The summed E-state index contributed by atoms with van der Waals surface area (Å²) in [4.78, 5) is 14.8. The molecule has 0 saturated heterocycles. The third-order valence-electron chi connectivity index (χ3n) is 4.10. The van der Waals surface area contributed by atoms with Gasteiger partial charge >= 0.3 is 0 Å². The molecule has 0 fully saturated rings. The number of benzene rings is 2. The minimum absolute atomic E-state index is 0. The maximum absolute atomic E-state index is 13.0. The monoisotopic (exact) mass is 379 g/mol. The summed E-state index contributed by atoms with van der Waals surface area (Å²) < 4.78 is 5.18. The fourth-order valence-corrected chi connectivity index (χ4v) is 2.91. The Bertz CT molecular complexity index is 643. The quantitative estimate of drug-likeness (QED) is 0.662. The van der Waals surface area contributed by atoms with Crippen LogP contribution in [-0.4, -0.2) is 54.3 Å². The van der Waals surface area contributed by atoms with Crippen molar-refractivity contribution >= 4 is 18.2 Å². The molecule has 0 aliphatic heterocycles. The number of aliphatic hydroxyl groups is 2. The van der Waals surface area contributed by atoms with Crippen molar-refractivity contribution in [2.24, 2.45) is 0 Å². The first kappa shape index (κ1) is 22.1. The third kappa shape index (κ3) is 6.11. The molecule has 2 aromatic carbocycles. The van der Waals surface area contributed by atoms with Crippen LogP contribution in [0.3, 0.4) is 0 Å². The smallest absolute Gasteiger partial charge is 0.158 e. The molecule has 0 spiro atoms. The summed E-state index contributed by atoms with van der Waals surface area (Å²) in [6.07, 6.45) is 0.297. The molecule has 142 valence electrons. The zero-order chi connectivity index (χ0) is 18.1. The van der Waals surface area contributed by atoms with Crippen LogP contribution in [0.1, 0.15) is 17.2 Å². The van der Waals surface area contributed by atoms with E-state index in [-0.39, 0.29) is 31.4 Å². The number of nitrogens with zero attached hydrogens (tertiary/aromatic N) is 1. The van der Waals surface area contributed by atoms with E-state index in [1.165, 1.54) is 0 Å². The second-order valence-corrected chi connectivity index (χ2v) is 5.79. The highest BCUT2D eigenvalue weighted by molar-refractivity contribution is 5.87. The summed E-state index contributed by atoms with van der Waals surface area (Å²) in [5.41, 5.74) is 1.77. The molecule has 0 aliphatic carbocycles. The highest BCUT2D eigenvalue weighted by Crippen LogP contribution is 2.25. The number of carbonyl (C=O) groups excluding carboxylic acids is 1. The van der Waals surface area contributed by atoms with Gasteiger partial charge < -0.3 is 14.9 Å². The van der Waals surface area contributed by atoms with Crippen LogP contribution >= 0.6 is 12.4 Å². The first-order valence-corrected chi connectivity index (χ1v) is 8.36. The molecule has 2 rings (SSSR count). The van der Waals surface area contributed by atoms with Crippen LogP contribution in [0.25, 0.3) is 0 Å². The van der Waals surface area contributed by atoms with Crippen LogP contribution in [0.5, 0.6) is 5.75 Å². The number of methoxy groups -OCH3 is 1. The van der Waals surface area contributed by atoms with Gasteiger partial charge in [-0.2, -0.15) is 0 Å². The number of ketones is 1. The van der Waals surface area contributed by atoms with E-state index in [0.717, 1.165) is 11.1 Å². The van der Waals surface area contributed by atoms with E-state index in [4.69, 9.17) is 4.74 Å². The van der Waals surface area contributed by atoms with Crippen molar-refractivity contribution in [1.29, 1.82) is 0 Å². The van der Waals surface area contributed by atoms with E-state index < -0.39 is 6.04 Å². The Kier molecular flexibility index (Phi) is 9.91.